The lowest BCUT2D eigenvalue weighted by molar-refractivity contribution is 0.102. The van der Waals surface area contributed by atoms with E-state index in [0.29, 0.717) is 11.4 Å². The van der Waals surface area contributed by atoms with E-state index >= 15 is 0 Å². The lowest BCUT2D eigenvalue weighted by atomic mass is 10.2. The molecule has 2 N–H and O–H groups in total. The minimum absolute atomic E-state index is 0.145. The Morgan fingerprint density at radius 2 is 2.12 bits per heavy atom. The Kier molecular flexibility index (Phi) is 2.36. The van der Waals surface area contributed by atoms with Crippen molar-refractivity contribution in [1.82, 2.24) is 15.2 Å². The van der Waals surface area contributed by atoms with Gasteiger partial charge in [-0.1, -0.05) is 0 Å². The number of pyridine rings is 1. The maximum atomic E-state index is 11.9. The number of amides is 1. The number of H-pyrrole nitrogens is 1. The molecular weight excluding hydrogens is 216 g/mol. The SMILES string of the molecule is O=C(Nc1n[nH]c2c1CCC2)c1ccncc1. The molecular formula is C12H12N4O. The highest BCUT2D eigenvalue weighted by atomic mass is 16.1. The van der Waals surface area contributed by atoms with Crippen LogP contribution in [0.15, 0.2) is 24.5 Å². The summed E-state index contributed by atoms with van der Waals surface area (Å²) in [4.78, 5) is 15.8. The standard InChI is InChI=1S/C12H12N4O/c17-12(8-4-6-13-7-5-8)14-11-9-2-1-3-10(9)15-16-11/h4-7H,1-3H2,(H2,14,15,16,17). The molecule has 0 spiro atoms. The summed E-state index contributed by atoms with van der Waals surface area (Å²) in [6.07, 6.45) is 6.33. The number of carbonyl (C=O) groups excluding carboxylic acids is 1. The van der Waals surface area contributed by atoms with Gasteiger partial charge in [0.1, 0.15) is 0 Å². The van der Waals surface area contributed by atoms with Crippen LogP contribution in [0.1, 0.15) is 28.0 Å². The maximum absolute atomic E-state index is 11.9. The molecule has 1 amide bonds. The van der Waals surface area contributed by atoms with E-state index in [1.165, 1.54) is 0 Å². The highest BCUT2D eigenvalue weighted by molar-refractivity contribution is 6.04. The molecule has 5 heteroatoms. The molecule has 0 radical (unpaired) electrons. The normalized spacial score (nSPS) is 13.4. The Balaban J connectivity index is 1.81. The van der Waals surface area contributed by atoms with Gasteiger partial charge in [0.25, 0.3) is 5.91 Å². The van der Waals surface area contributed by atoms with Crippen molar-refractivity contribution in [2.45, 2.75) is 19.3 Å². The molecule has 17 heavy (non-hydrogen) atoms. The zero-order valence-electron chi connectivity index (χ0n) is 9.23. The van der Waals surface area contributed by atoms with Crippen molar-refractivity contribution in [3.63, 3.8) is 0 Å². The van der Waals surface area contributed by atoms with E-state index in [1.807, 2.05) is 0 Å². The second-order valence-electron chi connectivity index (χ2n) is 4.07. The average molecular weight is 228 g/mol. The molecule has 2 aromatic rings. The van der Waals surface area contributed by atoms with Crippen molar-refractivity contribution in [3.05, 3.63) is 41.3 Å². The van der Waals surface area contributed by atoms with Gasteiger partial charge in [0, 0.05) is 29.2 Å². The fraction of sp³-hybridized carbons (Fsp3) is 0.250. The lowest BCUT2D eigenvalue weighted by Crippen LogP contribution is -2.13. The van der Waals surface area contributed by atoms with Crippen LogP contribution < -0.4 is 5.32 Å². The summed E-state index contributed by atoms with van der Waals surface area (Å²) in [7, 11) is 0. The minimum Gasteiger partial charge on any atom is -0.305 e. The van der Waals surface area contributed by atoms with Gasteiger partial charge in [-0.05, 0) is 31.4 Å². The number of hydrogen-bond acceptors (Lipinski definition) is 3. The van der Waals surface area contributed by atoms with Crippen LogP contribution in [-0.4, -0.2) is 21.1 Å². The fourth-order valence-corrected chi connectivity index (χ4v) is 2.11. The Morgan fingerprint density at radius 3 is 2.94 bits per heavy atom. The monoisotopic (exact) mass is 228 g/mol. The van der Waals surface area contributed by atoms with Gasteiger partial charge in [-0.2, -0.15) is 5.10 Å². The molecule has 0 atom stereocenters. The van der Waals surface area contributed by atoms with Gasteiger partial charge < -0.3 is 5.32 Å². The van der Waals surface area contributed by atoms with E-state index in [1.54, 1.807) is 24.5 Å². The Labute approximate surface area is 98.3 Å². The van der Waals surface area contributed by atoms with Crippen LogP contribution >= 0.6 is 0 Å². The van der Waals surface area contributed by atoms with Crippen molar-refractivity contribution in [1.29, 1.82) is 0 Å². The largest absolute Gasteiger partial charge is 0.305 e. The van der Waals surface area contributed by atoms with E-state index in [2.05, 4.69) is 20.5 Å². The third-order valence-electron chi connectivity index (χ3n) is 2.98. The van der Waals surface area contributed by atoms with Crippen LogP contribution in [-0.2, 0) is 12.8 Å². The van der Waals surface area contributed by atoms with E-state index < -0.39 is 0 Å². The van der Waals surface area contributed by atoms with Crippen LogP contribution in [0, 0.1) is 0 Å². The van der Waals surface area contributed by atoms with Crippen molar-refractivity contribution in [2.75, 3.05) is 5.32 Å². The van der Waals surface area contributed by atoms with Crippen LogP contribution in [0.4, 0.5) is 5.82 Å². The summed E-state index contributed by atoms with van der Waals surface area (Å²) in [5.41, 5.74) is 2.89. The van der Waals surface area contributed by atoms with Crippen molar-refractivity contribution in [2.24, 2.45) is 0 Å². The number of aromatic amines is 1. The number of anilines is 1. The molecule has 1 aliphatic rings. The molecule has 3 rings (SSSR count). The third-order valence-corrected chi connectivity index (χ3v) is 2.98. The van der Waals surface area contributed by atoms with Crippen molar-refractivity contribution in [3.8, 4) is 0 Å². The smallest absolute Gasteiger partial charge is 0.256 e. The molecule has 1 aliphatic carbocycles. The Hall–Kier alpha value is -2.17. The Morgan fingerprint density at radius 1 is 1.29 bits per heavy atom. The lowest BCUT2D eigenvalue weighted by Gasteiger charge is -2.02. The topological polar surface area (TPSA) is 70.7 Å². The third kappa shape index (κ3) is 1.80. The quantitative estimate of drug-likeness (QED) is 0.819. The average Bonchev–Trinajstić information content (AvgIpc) is 2.95. The molecule has 5 nitrogen and oxygen atoms in total. The van der Waals surface area contributed by atoms with Crippen LogP contribution in [0.2, 0.25) is 0 Å². The van der Waals surface area contributed by atoms with Gasteiger partial charge in [0.05, 0.1) is 0 Å². The van der Waals surface area contributed by atoms with E-state index in [9.17, 15) is 4.79 Å². The van der Waals surface area contributed by atoms with Crippen LogP contribution in [0.25, 0.3) is 0 Å². The van der Waals surface area contributed by atoms with Crippen molar-refractivity contribution < 1.29 is 4.79 Å². The summed E-state index contributed by atoms with van der Waals surface area (Å²) < 4.78 is 0. The number of fused-ring (bicyclic) bond motifs is 1. The molecule has 0 unspecified atom stereocenters. The summed E-state index contributed by atoms with van der Waals surface area (Å²) >= 11 is 0. The number of carbonyl (C=O) groups is 1. The first-order valence-electron chi connectivity index (χ1n) is 5.62. The predicted molar refractivity (Wildman–Crippen MR) is 62.8 cm³/mol. The van der Waals surface area contributed by atoms with E-state index in [-0.39, 0.29) is 5.91 Å². The zero-order chi connectivity index (χ0) is 11.7. The summed E-state index contributed by atoms with van der Waals surface area (Å²) in [5, 5.41) is 9.93. The summed E-state index contributed by atoms with van der Waals surface area (Å²) in [6.45, 7) is 0. The van der Waals surface area contributed by atoms with E-state index in [4.69, 9.17) is 0 Å². The van der Waals surface area contributed by atoms with Crippen LogP contribution in [0.3, 0.4) is 0 Å². The van der Waals surface area contributed by atoms with Gasteiger partial charge in [0.15, 0.2) is 5.82 Å². The number of aryl methyl sites for hydroxylation is 1. The number of nitrogens with zero attached hydrogens (tertiary/aromatic N) is 2. The summed E-state index contributed by atoms with van der Waals surface area (Å²) in [5.74, 6) is 0.521. The first-order chi connectivity index (χ1) is 8.34. The second-order valence-corrected chi connectivity index (χ2v) is 4.07. The van der Waals surface area contributed by atoms with E-state index in [0.717, 1.165) is 30.5 Å². The fourth-order valence-electron chi connectivity index (χ4n) is 2.11. The van der Waals surface area contributed by atoms with Gasteiger partial charge in [-0.3, -0.25) is 14.9 Å². The maximum Gasteiger partial charge on any atom is 0.256 e. The molecule has 2 heterocycles. The van der Waals surface area contributed by atoms with Gasteiger partial charge in [-0.15, -0.1) is 0 Å². The zero-order valence-corrected chi connectivity index (χ0v) is 9.23. The van der Waals surface area contributed by atoms with Crippen LogP contribution in [0.5, 0.6) is 0 Å². The molecule has 0 saturated heterocycles. The number of hydrogen-bond donors (Lipinski definition) is 2. The number of nitrogens with one attached hydrogen (secondary N) is 2. The molecule has 0 aromatic carbocycles. The number of aromatic nitrogens is 3. The van der Waals surface area contributed by atoms with Gasteiger partial charge in [0.2, 0.25) is 0 Å². The minimum atomic E-state index is -0.145. The molecule has 0 saturated carbocycles. The molecule has 0 bridgehead atoms. The van der Waals surface area contributed by atoms with Gasteiger partial charge >= 0.3 is 0 Å². The predicted octanol–water partition coefficient (Wildman–Crippen LogP) is 1.55. The molecule has 0 fully saturated rings. The molecule has 2 aromatic heterocycles. The first kappa shape index (κ1) is 10.0. The highest BCUT2D eigenvalue weighted by Crippen LogP contribution is 2.26. The number of rotatable bonds is 2. The summed E-state index contributed by atoms with van der Waals surface area (Å²) in [6, 6.07) is 3.37. The van der Waals surface area contributed by atoms with Crippen molar-refractivity contribution >= 4 is 11.7 Å². The second kappa shape index (κ2) is 4.01. The van der Waals surface area contributed by atoms with Gasteiger partial charge in [-0.25, -0.2) is 0 Å². The Bertz CT molecular complexity index is 547. The molecule has 86 valence electrons. The highest BCUT2D eigenvalue weighted by Gasteiger charge is 2.19. The first-order valence-corrected chi connectivity index (χ1v) is 5.62. The molecule has 0 aliphatic heterocycles.